The van der Waals surface area contributed by atoms with Gasteiger partial charge in [-0.3, -0.25) is 14.5 Å². The summed E-state index contributed by atoms with van der Waals surface area (Å²) in [6.07, 6.45) is 2.41. The number of halogens is 3. The maximum Gasteiger partial charge on any atom is 0.293 e. The van der Waals surface area contributed by atoms with Gasteiger partial charge in [0.15, 0.2) is 11.5 Å². The number of carbonyl (C=O) groups excluding carboxylic acids is 2. The zero-order valence-electron chi connectivity index (χ0n) is 16.9. The molecular formula is C22H20BrCl2NO4S. The first-order chi connectivity index (χ1) is 14.8. The molecule has 164 valence electrons. The van der Waals surface area contributed by atoms with Crippen LogP contribution in [0.3, 0.4) is 0 Å². The smallest absolute Gasteiger partial charge is 0.293 e. The van der Waals surface area contributed by atoms with Gasteiger partial charge in [0.25, 0.3) is 11.1 Å². The molecule has 31 heavy (non-hydrogen) atoms. The second-order valence-corrected chi connectivity index (χ2v) is 9.31. The number of amides is 2. The highest BCUT2D eigenvalue weighted by molar-refractivity contribution is 9.10. The predicted octanol–water partition coefficient (Wildman–Crippen LogP) is 7.18. The second kappa shape index (κ2) is 10.8. The highest BCUT2D eigenvalue weighted by atomic mass is 79.9. The zero-order valence-corrected chi connectivity index (χ0v) is 20.8. The molecule has 1 fully saturated rings. The van der Waals surface area contributed by atoms with Gasteiger partial charge in [0, 0.05) is 22.2 Å². The van der Waals surface area contributed by atoms with Crippen molar-refractivity contribution in [2.75, 3.05) is 13.2 Å². The molecule has 2 amide bonds. The standard InChI is InChI=1S/C22H20BrCl2NO4S/c1-3-7-26-21(27)19(31-22(26)28)10-13-8-16(23)20(18(9-13)29-4-2)30-12-14-5-6-15(24)11-17(14)25/h5-6,8-11H,3-4,7,12H2,1-2H3/b19-10+. The van der Waals surface area contributed by atoms with E-state index >= 15 is 0 Å². The van der Waals surface area contributed by atoms with E-state index in [0.717, 1.165) is 23.7 Å². The Labute approximate surface area is 203 Å². The molecule has 5 nitrogen and oxygen atoms in total. The summed E-state index contributed by atoms with van der Waals surface area (Å²) < 4.78 is 12.4. The average molecular weight is 545 g/mol. The van der Waals surface area contributed by atoms with E-state index in [-0.39, 0.29) is 17.8 Å². The van der Waals surface area contributed by atoms with Gasteiger partial charge in [0.1, 0.15) is 6.61 Å². The van der Waals surface area contributed by atoms with E-state index in [1.807, 2.05) is 19.9 Å². The normalized spacial score (nSPS) is 15.1. The Bertz CT molecular complexity index is 1040. The van der Waals surface area contributed by atoms with Crippen molar-refractivity contribution in [2.45, 2.75) is 26.9 Å². The van der Waals surface area contributed by atoms with Crippen LogP contribution >= 0.6 is 50.9 Å². The van der Waals surface area contributed by atoms with Gasteiger partial charge < -0.3 is 9.47 Å². The molecule has 0 aromatic heterocycles. The Morgan fingerprint density at radius 2 is 1.90 bits per heavy atom. The van der Waals surface area contributed by atoms with Crippen LogP contribution in [0.15, 0.2) is 39.7 Å². The molecule has 2 aromatic rings. The highest BCUT2D eigenvalue weighted by Gasteiger charge is 2.34. The van der Waals surface area contributed by atoms with E-state index < -0.39 is 0 Å². The maximum absolute atomic E-state index is 12.5. The molecular weight excluding hydrogens is 525 g/mol. The molecule has 0 saturated carbocycles. The fourth-order valence-electron chi connectivity index (χ4n) is 2.93. The van der Waals surface area contributed by atoms with Gasteiger partial charge in [-0.1, -0.05) is 36.2 Å². The lowest BCUT2D eigenvalue weighted by Gasteiger charge is -2.15. The van der Waals surface area contributed by atoms with Crippen molar-refractivity contribution in [3.63, 3.8) is 0 Å². The van der Waals surface area contributed by atoms with Crippen molar-refractivity contribution in [1.82, 2.24) is 4.90 Å². The van der Waals surface area contributed by atoms with Crippen molar-refractivity contribution < 1.29 is 19.1 Å². The number of carbonyl (C=O) groups is 2. The Hall–Kier alpha value is -1.67. The molecule has 0 aliphatic carbocycles. The van der Waals surface area contributed by atoms with Crippen LogP contribution in [-0.2, 0) is 11.4 Å². The minimum Gasteiger partial charge on any atom is -0.490 e. The summed E-state index contributed by atoms with van der Waals surface area (Å²) in [5, 5.41) is 0.820. The van der Waals surface area contributed by atoms with Gasteiger partial charge >= 0.3 is 0 Å². The number of ether oxygens (including phenoxy) is 2. The van der Waals surface area contributed by atoms with E-state index in [9.17, 15) is 9.59 Å². The van der Waals surface area contributed by atoms with Crippen LogP contribution in [0.25, 0.3) is 6.08 Å². The molecule has 0 atom stereocenters. The summed E-state index contributed by atoms with van der Waals surface area (Å²) in [6, 6.07) is 8.81. The molecule has 0 spiro atoms. The van der Waals surface area contributed by atoms with E-state index in [4.69, 9.17) is 32.7 Å². The summed E-state index contributed by atoms with van der Waals surface area (Å²) in [4.78, 5) is 26.3. The van der Waals surface area contributed by atoms with Crippen LogP contribution < -0.4 is 9.47 Å². The third-order valence-electron chi connectivity index (χ3n) is 4.34. The van der Waals surface area contributed by atoms with Gasteiger partial charge in [0.05, 0.1) is 16.0 Å². The molecule has 0 N–H and O–H groups in total. The third kappa shape index (κ3) is 5.77. The third-order valence-corrected chi connectivity index (χ3v) is 6.42. The Morgan fingerprint density at radius 1 is 1.13 bits per heavy atom. The SMILES string of the molecule is CCCN1C(=O)S/C(=C/c2cc(Br)c(OCc3ccc(Cl)cc3Cl)c(OCC)c2)C1=O. The summed E-state index contributed by atoms with van der Waals surface area (Å²) in [7, 11) is 0. The summed E-state index contributed by atoms with van der Waals surface area (Å²) in [5.74, 6) is 0.758. The number of imide groups is 1. The van der Waals surface area contributed by atoms with Crippen molar-refractivity contribution in [2.24, 2.45) is 0 Å². The van der Waals surface area contributed by atoms with Crippen LogP contribution in [-0.4, -0.2) is 29.2 Å². The van der Waals surface area contributed by atoms with Crippen LogP contribution in [0.4, 0.5) is 4.79 Å². The maximum atomic E-state index is 12.5. The summed E-state index contributed by atoms with van der Waals surface area (Å²) >= 11 is 16.7. The largest absolute Gasteiger partial charge is 0.490 e. The van der Waals surface area contributed by atoms with Gasteiger partial charge in [-0.15, -0.1) is 0 Å². The monoisotopic (exact) mass is 543 g/mol. The first-order valence-electron chi connectivity index (χ1n) is 9.62. The molecule has 1 aliphatic rings. The fraction of sp³-hybridized carbons (Fsp3) is 0.273. The summed E-state index contributed by atoms with van der Waals surface area (Å²) in [6.45, 7) is 4.87. The molecule has 1 heterocycles. The fourth-order valence-corrected chi connectivity index (χ4v) is 4.83. The van der Waals surface area contributed by atoms with Crippen LogP contribution in [0.5, 0.6) is 11.5 Å². The van der Waals surface area contributed by atoms with Gasteiger partial charge in [-0.25, -0.2) is 0 Å². The second-order valence-electron chi connectivity index (χ2n) is 6.62. The van der Waals surface area contributed by atoms with E-state index in [2.05, 4.69) is 15.9 Å². The van der Waals surface area contributed by atoms with Crippen molar-refractivity contribution in [3.8, 4) is 11.5 Å². The van der Waals surface area contributed by atoms with E-state index in [1.165, 1.54) is 4.90 Å². The van der Waals surface area contributed by atoms with Crippen LogP contribution in [0, 0.1) is 0 Å². The number of hydrogen-bond donors (Lipinski definition) is 0. The van der Waals surface area contributed by atoms with Gasteiger partial charge in [-0.05, 0) is 76.9 Å². The molecule has 2 aromatic carbocycles. The minimum absolute atomic E-state index is 0.226. The van der Waals surface area contributed by atoms with Crippen LogP contribution in [0.1, 0.15) is 31.4 Å². The summed E-state index contributed by atoms with van der Waals surface area (Å²) in [5.41, 5.74) is 1.50. The van der Waals surface area contributed by atoms with Crippen molar-refractivity contribution in [3.05, 3.63) is 60.9 Å². The van der Waals surface area contributed by atoms with Crippen molar-refractivity contribution in [1.29, 1.82) is 0 Å². The number of benzene rings is 2. The van der Waals surface area contributed by atoms with Crippen molar-refractivity contribution >= 4 is 68.1 Å². The van der Waals surface area contributed by atoms with Gasteiger partial charge in [0.2, 0.25) is 0 Å². The number of nitrogens with zero attached hydrogens (tertiary/aromatic N) is 1. The Morgan fingerprint density at radius 3 is 2.58 bits per heavy atom. The first-order valence-corrected chi connectivity index (χ1v) is 12.0. The molecule has 0 unspecified atom stereocenters. The Kier molecular flexibility index (Phi) is 8.33. The molecule has 9 heteroatoms. The molecule has 1 saturated heterocycles. The number of hydrogen-bond acceptors (Lipinski definition) is 5. The highest BCUT2D eigenvalue weighted by Crippen LogP contribution is 2.40. The lowest BCUT2D eigenvalue weighted by Crippen LogP contribution is -2.28. The molecule has 0 bridgehead atoms. The number of rotatable bonds is 8. The molecule has 0 radical (unpaired) electrons. The number of thioether (sulfide) groups is 1. The molecule has 1 aliphatic heterocycles. The van der Waals surface area contributed by atoms with E-state index in [1.54, 1.807) is 30.3 Å². The van der Waals surface area contributed by atoms with Crippen LogP contribution in [0.2, 0.25) is 10.0 Å². The minimum atomic E-state index is -0.274. The molecule has 3 rings (SSSR count). The lowest BCUT2D eigenvalue weighted by molar-refractivity contribution is -0.122. The Balaban J connectivity index is 1.86. The average Bonchev–Trinajstić information content (AvgIpc) is 2.96. The first kappa shape index (κ1) is 24.0. The topological polar surface area (TPSA) is 55.8 Å². The quantitative estimate of drug-likeness (QED) is 0.329. The van der Waals surface area contributed by atoms with E-state index in [0.29, 0.717) is 49.6 Å². The lowest BCUT2D eigenvalue weighted by atomic mass is 10.1. The zero-order chi connectivity index (χ0) is 22.5. The van der Waals surface area contributed by atoms with Gasteiger partial charge in [-0.2, -0.15) is 0 Å². The predicted molar refractivity (Wildman–Crippen MR) is 129 cm³/mol.